The molecule has 4 nitrogen and oxygen atoms in total. The van der Waals surface area contributed by atoms with Gasteiger partial charge in [0.2, 0.25) is 0 Å². The van der Waals surface area contributed by atoms with Crippen molar-refractivity contribution in [2.45, 2.75) is 36.0 Å². The average molecular weight is 352 g/mol. The molecule has 0 amide bonds. The normalized spacial score (nSPS) is 23.2. The van der Waals surface area contributed by atoms with Gasteiger partial charge < -0.3 is 10.1 Å². The second kappa shape index (κ2) is 7.29. The smallest absolute Gasteiger partial charge is 0.186 e. The predicted octanol–water partition coefficient (Wildman–Crippen LogP) is 2.92. The number of halogens is 2. The van der Waals surface area contributed by atoms with Crippen molar-refractivity contribution in [3.63, 3.8) is 0 Å². The first kappa shape index (κ1) is 17.0. The van der Waals surface area contributed by atoms with E-state index in [1.54, 1.807) is 6.07 Å². The van der Waals surface area contributed by atoms with Crippen LogP contribution in [-0.2, 0) is 14.6 Å². The molecular weight excluding hydrogens is 333 g/mol. The standard InChI is InChI=1S/C14H19Cl2NO3S/c1-2-6-17-12-5-7-20-9-14(12)21(18,19)13-8-10(15)3-4-11(13)16/h3-4,8,12,14,17H,2,5-7,9H2,1H3. The van der Waals surface area contributed by atoms with Crippen molar-refractivity contribution in [1.29, 1.82) is 0 Å². The van der Waals surface area contributed by atoms with Gasteiger partial charge in [0.1, 0.15) is 5.25 Å². The van der Waals surface area contributed by atoms with Crippen molar-refractivity contribution in [3.8, 4) is 0 Å². The highest BCUT2D eigenvalue weighted by molar-refractivity contribution is 7.92. The number of hydrogen-bond acceptors (Lipinski definition) is 4. The third-order valence-electron chi connectivity index (χ3n) is 3.56. The summed E-state index contributed by atoms with van der Waals surface area (Å²) in [5.74, 6) is 0. The van der Waals surface area contributed by atoms with Crippen molar-refractivity contribution < 1.29 is 13.2 Å². The van der Waals surface area contributed by atoms with Crippen LogP contribution in [0.5, 0.6) is 0 Å². The maximum atomic E-state index is 12.9. The lowest BCUT2D eigenvalue weighted by Gasteiger charge is -2.32. The molecule has 1 N–H and O–H groups in total. The fraction of sp³-hybridized carbons (Fsp3) is 0.571. The number of sulfone groups is 1. The number of hydrogen-bond donors (Lipinski definition) is 1. The molecular formula is C14H19Cl2NO3S. The first-order valence-electron chi connectivity index (χ1n) is 6.97. The Kier molecular flexibility index (Phi) is 5.91. The van der Waals surface area contributed by atoms with Crippen LogP contribution in [0.2, 0.25) is 10.0 Å². The van der Waals surface area contributed by atoms with Gasteiger partial charge in [-0.2, -0.15) is 0 Å². The molecule has 1 fully saturated rings. The lowest BCUT2D eigenvalue weighted by atomic mass is 10.1. The van der Waals surface area contributed by atoms with Crippen LogP contribution in [0.15, 0.2) is 23.1 Å². The Morgan fingerprint density at radius 2 is 2.14 bits per heavy atom. The fourth-order valence-corrected chi connectivity index (χ4v) is 5.01. The molecule has 1 aromatic carbocycles. The molecule has 0 bridgehead atoms. The minimum Gasteiger partial charge on any atom is -0.380 e. The van der Waals surface area contributed by atoms with E-state index in [9.17, 15) is 8.42 Å². The highest BCUT2D eigenvalue weighted by Gasteiger charge is 2.38. The van der Waals surface area contributed by atoms with E-state index in [0.717, 1.165) is 13.0 Å². The zero-order valence-corrected chi connectivity index (χ0v) is 14.1. The Morgan fingerprint density at radius 3 is 2.86 bits per heavy atom. The monoisotopic (exact) mass is 351 g/mol. The van der Waals surface area contributed by atoms with E-state index in [4.69, 9.17) is 27.9 Å². The zero-order valence-electron chi connectivity index (χ0n) is 11.8. The van der Waals surface area contributed by atoms with E-state index in [1.807, 2.05) is 6.92 Å². The summed E-state index contributed by atoms with van der Waals surface area (Å²) in [4.78, 5) is 0.0791. The summed E-state index contributed by atoms with van der Waals surface area (Å²) in [7, 11) is -3.60. The molecule has 0 aliphatic carbocycles. The molecule has 2 atom stereocenters. The van der Waals surface area contributed by atoms with Gasteiger partial charge in [0.15, 0.2) is 9.84 Å². The minimum atomic E-state index is -3.60. The predicted molar refractivity (Wildman–Crippen MR) is 85.0 cm³/mol. The molecule has 1 aromatic rings. The van der Waals surface area contributed by atoms with E-state index in [1.165, 1.54) is 12.1 Å². The summed E-state index contributed by atoms with van der Waals surface area (Å²) < 4.78 is 31.1. The fourth-order valence-electron chi connectivity index (χ4n) is 2.44. The first-order chi connectivity index (χ1) is 9.96. The van der Waals surface area contributed by atoms with Crippen molar-refractivity contribution >= 4 is 33.0 Å². The molecule has 0 aromatic heterocycles. The van der Waals surface area contributed by atoms with Crippen LogP contribution in [0.4, 0.5) is 0 Å². The highest BCUT2D eigenvalue weighted by atomic mass is 35.5. The van der Waals surface area contributed by atoms with Crippen LogP contribution in [0.1, 0.15) is 19.8 Å². The summed E-state index contributed by atoms with van der Waals surface area (Å²) in [6, 6.07) is 4.37. The zero-order chi connectivity index (χ0) is 15.5. The maximum absolute atomic E-state index is 12.9. The van der Waals surface area contributed by atoms with Crippen molar-refractivity contribution in [2.24, 2.45) is 0 Å². The third kappa shape index (κ3) is 3.90. The lowest BCUT2D eigenvalue weighted by molar-refractivity contribution is 0.0808. The summed E-state index contributed by atoms with van der Waals surface area (Å²) in [6.45, 7) is 3.56. The van der Waals surface area contributed by atoms with Crippen LogP contribution in [0.3, 0.4) is 0 Å². The highest BCUT2D eigenvalue weighted by Crippen LogP contribution is 2.30. The molecule has 1 heterocycles. The van der Waals surface area contributed by atoms with Crippen LogP contribution in [0.25, 0.3) is 0 Å². The number of rotatable bonds is 5. The summed E-state index contributed by atoms with van der Waals surface area (Å²) in [5, 5.41) is 3.20. The quantitative estimate of drug-likeness (QED) is 0.885. The molecule has 1 saturated heterocycles. The van der Waals surface area contributed by atoms with Crippen LogP contribution in [0, 0.1) is 0 Å². The SMILES string of the molecule is CCCNC1CCOCC1S(=O)(=O)c1cc(Cl)ccc1Cl. The molecule has 1 aliphatic rings. The molecule has 0 radical (unpaired) electrons. The number of ether oxygens (including phenoxy) is 1. The van der Waals surface area contributed by atoms with Crippen LogP contribution in [-0.4, -0.2) is 39.5 Å². The van der Waals surface area contributed by atoms with Gasteiger partial charge in [-0.15, -0.1) is 0 Å². The summed E-state index contributed by atoms with van der Waals surface area (Å²) in [5.41, 5.74) is 0. The van der Waals surface area contributed by atoms with Crippen LogP contribution >= 0.6 is 23.2 Å². The van der Waals surface area contributed by atoms with Gasteiger partial charge in [-0.25, -0.2) is 8.42 Å². The van der Waals surface area contributed by atoms with Crippen molar-refractivity contribution in [1.82, 2.24) is 5.32 Å². The van der Waals surface area contributed by atoms with Gasteiger partial charge in [-0.05, 0) is 37.6 Å². The molecule has 21 heavy (non-hydrogen) atoms. The average Bonchev–Trinajstić information content (AvgIpc) is 2.47. The molecule has 2 rings (SSSR count). The van der Waals surface area contributed by atoms with E-state index < -0.39 is 15.1 Å². The van der Waals surface area contributed by atoms with Gasteiger partial charge in [0, 0.05) is 17.7 Å². The number of benzene rings is 1. The van der Waals surface area contributed by atoms with E-state index in [2.05, 4.69) is 5.32 Å². The van der Waals surface area contributed by atoms with Crippen molar-refractivity contribution in [2.75, 3.05) is 19.8 Å². The minimum absolute atomic E-state index is 0.0791. The maximum Gasteiger partial charge on any atom is 0.186 e. The van der Waals surface area contributed by atoms with Gasteiger partial charge in [-0.1, -0.05) is 30.1 Å². The van der Waals surface area contributed by atoms with Crippen LogP contribution < -0.4 is 5.32 Å². The van der Waals surface area contributed by atoms with E-state index in [-0.39, 0.29) is 22.6 Å². The second-order valence-electron chi connectivity index (χ2n) is 5.08. The third-order valence-corrected chi connectivity index (χ3v) is 6.45. The Balaban J connectivity index is 2.33. The Bertz CT molecular complexity index is 592. The van der Waals surface area contributed by atoms with E-state index in [0.29, 0.717) is 18.1 Å². The Labute approximate surface area is 135 Å². The van der Waals surface area contributed by atoms with E-state index >= 15 is 0 Å². The lowest BCUT2D eigenvalue weighted by Crippen LogP contribution is -2.50. The summed E-state index contributed by atoms with van der Waals surface area (Å²) in [6.07, 6.45) is 1.62. The Morgan fingerprint density at radius 1 is 1.38 bits per heavy atom. The first-order valence-corrected chi connectivity index (χ1v) is 9.27. The Hall–Kier alpha value is -0.330. The molecule has 0 spiro atoms. The van der Waals surface area contributed by atoms with Crippen molar-refractivity contribution in [3.05, 3.63) is 28.2 Å². The van der Waals surface area contributed by atoms with Gasteiger partial charge in [0.25, 0.3) is 0 Å². The van der Waals surface area contributed by atoms with Gasteiger partial charge >= 0.3 is 0 Å². The molecule has 1 aliphatic heterocycles. The molecule has 118 valence electrons. The van der Waals surface area contributed by atoms with Gasteiger partial charge in [0.05, 0.1) is 16.5 Å². The summed E-state index contributed by atoms with van der Waals surface area (Å²) >= 11 is 12.0. The molecule has 7 heteroatoms. The molecule has 2 unspecified atom stereocenters. The second-order valence-corrected chi connectivity index (χ2v) is 8.06. The molecule has 0 saturated carbocycles. The largest absolute Gasteiger partial charge is 0.380 e. The topological polar surface area (TPSA) is 55.4 Å². The number of nitrogens with one attached hydrogen (secondary N) is 1. The van der Waals surface area contributed by atoms with Gasteiger partial charge in [-0.3, -0.25) is 0 Å².